The predicted octanol–water partition coefficient (Wildman–Crippen LogP) is 2.16. The second-order valence-corrected chi connectivity index (χ2v) is 2.98. The molecule has 0 atom stereocenters. The van der Waals surface area contributed by atoms with E-state index in [1.807, 2.05) is 18.3 Å². The lowest BCUT2D eigenvalue weighted by molar-refractivity contribution is 0.477. The van der Waals surface area contributed by atoms with Crippen LogP contribution in [0.2, 0.25) is 0 Å². The molecule has 2 rings (SSSR count). The van der Waals surface area contributed by atoms with E-state index >= 15 is 0 Å². The molecule has 2 aromatic heterocycles. The van der Waals surface area contributed by atoms with Gasteiger partial charge >= 0.3 is 0 Å². The average molecular weight is 176 g/mol. The summed E-state index contributed by atoms with van der Waals surface area (Å²) in [6.07, 6.45) is 5.23. The van der Waals surface area contributed by atoms with E-state index in [9.17, 15) is 0 Å². The monoisotopic (exact) mass is 176 g/mol. The number of hydrogen-bond acceptors (Lipinski definition) is 2. The lowest BCUT2D eigenvalue weighted by atomic mass is 10.3. The molecule has 13 heavy (non-hydrogen) atoms. The van der Waals surface area contributed by atoms with Gasteiger partial charge < -0.3 is 9.40 Å². The quantitative estimate of drug-likeness (QED) is 0.778. The SMILES string of the molecule is CCc1ccc(Cc2cnc[nH]2)o1. The molecule has 0 amide bonds. The number of aromatic amines is 1. The Morgan fingerprint density at radius 1 is 1.38 bits per heavy atom. The maximum Gasteiger partial charge on any atom is 0.110 e. The molecule has 0 aliphatic heterocycles. The third-order valence-electron chi connectivity index (χ3n) is 1.99. The largest absolute Gasteiger partial charge is 0.466 e. The van der Waals surface area contributed by atoms with Gasteiger partial charge in [0.15, 0.2) is 0 Å². The number of hydrogen-bond donors (Lipinski definition) is 1. The molecule has 0 spiro atoms. The second-order valence-electron chi connectivity index (χ2n) is 2.98. The zero-order valence-electron chi connectivity index (χ0n) is 7.58. The smallest absolute Gasteiger partial charge is 0.110 e. The highest BCUT2D eigenvalue weighted by Gasteiger charge is 2.02. The van der Waals surface area contributed by atoms with Crippen molar-refractivity contribution in [2.24, 2.45) is 0 Å². The highest BCUT2D eigenvalue weighted by molar-refractivity contribution is 5.13. The van der Waals surface area contributed by atoms with Gasteiger partial charge in [-0.1, -0.05) is 6.92 Å². The molecule has 0 saturated carbocycles. The fraction of sp³-hybridized carbons (Fsp3) is 0.300. The highest BCUT2D eigenvalue weighted by atomic mass is 16.3. The zero-order chi connectivity index (χ0) is 9.10. The van der Waals surface area contributed by atoms with Crippen molar-refractivity contribution in [3.8, 4) is 0 Å². The Labute approximate surface area is 76.8 Å². The Morgan fingerprint density at radius 2 is 2.23 bits per heavy atom. The van der Waals surface area contributed by atoms with E-state index in [1.54, 1.807) is 6.33 Å². The van der Waals surface area contributed by atoms with Crippen molar-refractivity contribution in [3.05, 3.63) is 41.9 Å². The summed E-state index contributed by atoms with van der Waals surface area (Å²) in [5, 5.41) is 0. The molecule has 68 valence electrons. The van der Waals surface area contributed by atoms with Crippen LogP contribution in [0.25, 0.3) is 0 Å². The maximum absolute atomic E-state index is 5.56. The van der Waals surface area contributed by atoms with Crippen molar-refractivity contribution in [3.63, 3.8) is 0 Å². The topological polar surface area (TPSA) is 41.8 Å². The van der Waals surface area contributed by atoms with Gasteiger partial charge in [-0.05, 0) is 12.1 Å². The van der Waals surface area contributed by atoms with Crippen LogP contribution in [0.4, 0.5) is 0 Å². The van der Waals surface area contributed by atoms with E-state index in [2.05, 4.69) is 16.9 Å². The molecule has 3 heteroatoms. The third-order valence-corrected chi connectivity index (χ3v) is 1.99. The van der Waals surface area contributed by atoms with Crippen molar-refractivity contribution >= 4 is 0 Å². The fourth-order valence-electron chi connectivity index (χ4n) is 1.28. The number of aryl methyl sites for hydroxylation is 1. The first-order valence-corrected chi connectivity index (χ1v) is 4.43. The number of rotatable bonds is 3. The summed E-state index contributed by atoms with van der Waals surface area (Å²) in [5.41, 5.74) is 1.08. The van der Waals surface area contributed by atoms with E-state index in [0.29, 0.717) is 0 Å². The Kier molecular flexibility index (Phi) is 2.17. The van der Waals surface area contributed by atoms with Crippen LogP contribution >= 0.6 is 0 Å². The summed E-state index contributed by atoms with van der Waals surface area (Å²) in [4.78, 5) is 6.99. The minimum atomic E-state index is 0.792. The van der Waals surface area contributed by atoms with Crippen LogP contribution in [0.3, 0.4) is 0 Å². The molecule has 0 saturated heterocycles. The first kappa shape index (κ1) is 8.10. The Morgan fingerprint density at radius 3 is 2.85 bits per heavy atom. The van der Waals surface area contributed by atoms with Crippen LogP contribution in [-0.4, -0.2) is 9.97 Å². The van der Waals surface area contributed by atoms with Gasteiger partial charge in [0.1, 0.15) is 11.5 Å². The Bertz CT molecular complexity index is 362. The van der Waals surface area contributed by atoms with Crippen molar-refractivity contribution in [2.45, 2.75) is 19.8 Å². The zero-order valence-corrected chi connectivity index (χ0v) is 7.58. The van der Waals surface area contributed by atoms with Crippen molar-refractivity contribution in [2.75, 3.05) is 0 Å². The average Bonchev–Trinajstić information content (AvgIpc) is 2.76. The van der Waals surface area contributed by atoms with Gasteiger partial charge in [-0.15, -0.1) is 0 Å². The van der Waals surface area contributed by atoms with E-state index in [0.717, 1.165) is 30.1 Å². The van der Waals surface area contributed by atoms with Gasteiger partial charge in [-0.25, -0.2) is 4.98 Å². The molecular formula is C10H12N2O. The van der Waals surface area contributed by atoms with E-state index < -0.39 is 0 Å². The maximum atomic E-state index is 5.56. The number of nitrogens with one attached hydrogen (secondary N) is 1. The Balaban J connectivity index is 2.10. The van der Waals surface area contributed by atoms with Gasteiger partial charge in [-0.3, -0.25) is 0 Å². The molecule has 0 bridgehead atoms. The lowest BCUT2D eigenvalue weighted by Crippen LogP contribution is -1.84. The van der Waals surface area contributed by atoms with Crippen LogP contribution in [-0.2, 0) is 12.8 Å². The molecule has 0 aliphatic carbocycles. The summed E-state index contributed by atoms with van der Waals surface area (Å²) in [6.45, 7) is 2.08. The van der Waals surface area contributed by atoms with Crippen LogP contribution < -0.4 is 0 Å². The van der Waals surface area contributed by atoms with E-state index in [4.69, 9.17) is 4.42 Å². The summed E-state index contributed by atoms with van der Waals surface area (Å²) >= 11 is 0. The molecule has 0 aliphatic rings. The normalized spacial score (nSPS) is 10.5. The number of aromatic nitrogens is 2. The molecular weight excluding hydrogens is 164 g/mol. The van der Waals surface area contributed by atoms with Gasteiger partial charge in [-0.2, -0.15) is 0 Å². The summed E-state index contributed by atoms with van der Waals surface area (Å²) in [5.74, 6) is 2.02. The Hall–Kier alpha value is -1.51. The predicted molar refractivity (Wildman–Crippen MR) is 49.5 cm³/mol. The molecule has 1 N–H and O–H groups in total. The van der Waals surface area contributed by atoms with Crippen LogP contribution in [0.15, 0.2) is 29.1 Å². The molecule has 0 radical (unpaired) electrons. The van der Waals surface area contributed by atoms with Crippen molar-refractivity contribution in [1.29, 1.82) is 0 Å². The molecule has 0 fully saturated rings. The molecule has 3 nitrogen and oxygen atoms in total. The number of furan rings is 1. The van der Waals surface area contributed by atoms with Crippen LogP contribution in [0.5, 0.6) is 0 Å². The standard InChI is InChI=1S/C10H12N2O/c1-2-9-3-4-10(13-9)5-8-6-11-7-12-8/h3-4,6-7H,2,5H2,1H3,(H,11,12). The van der Waals surface area contributed by atoms with Crippen molar-refractivity contribution < 1.29 is 4.42 Å². The molecule has 0 aromatic carbocycles. The minimum Gasteiger partial charge on any atom is -0.466 e. The van der Waals surface area contributed by atoms with E-state index in [1.165, 1.54) is 0 Å². The third kappa shape index (κ3) is 1.80. The number of nitrogens with zero attached hydrogens (tertiary/aromatic N) is 1. The highest BCUT2D eigenvalue weighted by Crippen LogP contribution is 2.11. The first-order valence-electron chi connectivity index (χ1n) is 4.43. The van der Waals surface area contributed by atoms with Crippen LogP contribution in [0, 0.1) is 0 Å². The second kappa shape index (κ2) is 3.47. The fourth-order valence-corrected chi connectivity index (χ4v) is 1.28. The van der Waals surface area contributed by atoms with E-state index in [-0.39, 0.29) is 0 Å². The number of H-pyrrole nitrogens is 1. The molecule has 0 unspecified atom stereocenters. The first-order chi connectivity index (χ1) is 6.38. The van der Waals surface area contributed by atoms with Gasteiger partial charge in [0.25, 0.3) is 0 Å². The minimum absolute atomic E-state index is 0.792. The number of imidazole rings is 1. The molecule has 2 aromatic rings. The summed E-state index contributed by atoms with van der Waals surface area (Å²) in [6, 6.07) is 4.03. The lowest BCUT2D eigenvalue weighted by Gasteiger charge is -1.92. The van der Waals surface area contributed by atoms with Gasteiger partial charge in [0.05, 0.1) is 6.33 Å². The summed E-state index contributed by atoms with van der Waals surface area (Å²) in [7, 11) is 0. The summed E-state index contributed by atoms with van der Waals surface area (Å²) < 4.78 is 5.56. The molecule has 2 heterocycles. The van der Waals surface area contributed by atoms with Gasteiger partial charge in [0, 0.05) is 24.7 Å². The van der Waals surface area contributed by atoms with Crippen molar-refractivity contribution in [1.82, 2.24) is 9.97 Å². The van der Waals surface area contributed by atoms with Gasteiger partial charge in [0.2, 0.25) is 0 Å². The van der Waals surface area contributed by atoms with Crippen LogP contribution in [0.1, 0.15) is 24.1 Å².